The van der Waals surface area contributed by atoms with Crippen LogP contribution >= 0.6 is 24.0 Å². The van der Waals surface area contributed by atoms with Crippen LogP contribution in [0.15, 0.2) is 53.5 Å². The van der Waals surface area contributed by atoms with Gasteiger partial charge in [0.05, 0.1) is 20.8 Å². The summed E-state index contributed by atoms with van der Waals surface area (Å²) in [4.78, 5) is 4.27. The molecule has 0 aliphatic heterocycles. The lowest BCUT2D eigenvalue weighted by Crippen LogP contribution is -2.42. The molecular weight excluding hydrogens is 481 g/mol. The number of benzene rings is 2. The molecule has 6 nitrogen and oxygen atoms in total. The largest absolute Gasteiger partial charge is 0.497 e. The molecule has 2 aromatic rings. The van der Waals surface area contributed by atoms with Gasteiger partial charge in [-0.05, 0) is 49.6 Å². The Bertz CT molecular complexity index is 738. The van der Waals surface area contributed by atoms with Crippen molar-refractivity contribution in [1.82, 2.24) is 10.6 Å². The van der Waals surface area contributed by atoms with E-state index in [4.69, 9.17) is 14.2 Å². The van der Waals surface area contributed by atoms with E-state index in [9.17, 15) is 0 Å². The highest BCUT2D eigenvalue weighted by Crippen LogP contribution is 2.26. The van der Waals surface area contributed by atoms with Gasteiger partial charge in [0.1, 0.15) is 11.9 Å². The van der Waals surface area contributed by atoms with Gasteiger partial charge in [0, 0.05) is 13.6 Å². The highest BCUT2D eigenvalue weighted by molar-refractivity contribution is 14.0. The number of aryl methyl sites for hydroxylation is 1. The van der Waals surface area contributed by atoms with Gasteiger partial charge < -0.3 is 24.8 Å². The fraction of sp³-hybridized carbons (Fsp3) is 0.409. The number of para-hydroxylation sites is 2. The molecule has 0 amide bonds. The van der Waals surface area contributed by atoms with E-state index >= 15 is 0 Å². The van der Waals surface area contributed by atoms with Crippen molar-refractivity contribution >= 4 is 29.9 Å². The summed E-state index contributed by atoms with van der Waals surface area (Å²) in [5.74, 6) is 3.12. The summed E-state index contributed by atoms with van der Waals surface area (Å²) in [5, 5.41) is 6.64. The molecule has 0 aliphatic carbocycles. The van der Waals surface area contributed by atoms with Gasteiger partial charge in [0.2, 0.25) is 0 Å². The maximum atomic E-state index is 5.95. The SMILES string of the molecule is CN=C(NCCCc1ccc(OC)cc1)NCC(C)Oc1ccccc1OC.I. The van der Waals surface area contributed by atoms with Gasteiger partial charge in [0.15, 0.2) is 17.5 Å². The molecule has 160 valence electrons. The van der Waals surface area contributed by atoms with Gasteiger partial charge in [-0.15, -0.1) is 24.0 Å². The van der Waals surface area contributed by atoms with Crippen LogP contribution in [-0.4, -0.2) is 46.4 Å². The van der Waals surface area contributed by atoms with Crippen LogP contribution in [0.25, 0.3) is 0 Å². The zero-order valence-corrected chi connectivity index (χ0v) is 19.9. The van der Waals surface area contributed by atoms with E-state index in [1.54, 1.807) is 21.3 Å². The Morgan fingerprint density at radius 2 is 1.66 bits per heavy atom. The van der Waals surface area contributed by atoms with Crippen molar-refractivity contribution in [2.75, 3.05) is 34.4 Å². The normalized spacial score (nSPS) is 11.8. The number of rotatable bonds is 10. The van der Waals surface area contributed by atoms with Crippen molar-refractivity contribution in [2.45, 2.75) is 25.9 Å². The van der Waals surface area contributed by atoms with Gasteiger partial charge in [-0.1, -0.05) is 24.3 Å². The summed E-state index contributed by atoms with van der Waals surface area (Å²) in [6, 6.07) is 15.8. The summed E-state index contributed by atoms with van der Waals surface area (Å²) >= 11 is 0. The van der Waals surface area contributed by atoms with Crippen LogP contribution in [0.4, 0.5) is 0 Å². The molecule has 0 radical (unpaired) electrons. The molecule has 0 aliphatic rings. The van der Waals surface area contributed by atoms with E-state index in [1.165, 1.54) is 5.56 Å². The number of aliphatic imine (C=N–C) groups is 1. The lowest BCUT2D eigenvalue weighted by Gasteiger charge is -2.19. The van der Waals surface area contributed by atoms with Crippen molar-refractivity contribution in [2.24, 2.45) is 4.99 Å². The predicted molar refractivity (Wildman–Crippen MR) is 129 cm³/mol. The Labute approximate surface area is 191 Å². The maximum Gasteiger partial charge on any atom is 0.191 e. The number of methoxy groups -OCH3 is 2. The molecule has 0 saturated carbocycles. The fourth-order valence-electron chi connectivity index (χ4n) is 2.73. The molecule has 1 atom stereocenters. The van der Waals surface area contributed by atoms with Gasteiger partial charge in [-0.3, -0.25) is 4.99 Å². The van der Waals surface area contributed by atoms with Crippen LogP contribution in [0, 0.1) is 0 Å². The predicted octanol–water partition coefficient (Wildman–Crippen LogP) is 3.89. The summed E-state index contributed by atoms with van der Waals surface area (Å²) in [6.45, 7) is 3.49. The van der Waals surface area contributed by atoms with Gasteiger partial charge in [0.25, 0.3) is 0 Å². The number of guanidine groups is 1. The molecule has 29 heavy (non-hydrogen) atoms. The van der Waals surface area contributed by atoms with Crippen LogP contribution in [-0.2, 0) is 6.42 Å². The molecular formula is C22H32IN3O3. The molecule has 1 unspecified atom stereocenters. The second-order valence-electron chi connectivity index (χ2n) is 6.41. The van der Waals surface area contributed by atoms with Gasteiger partial charge in [-0.25, -0.2) is 0 Å². The van der Waals surface area contributed by atoms with Crippen molar-refractivity contribution < 1.29 is 14.2 Å². The topological polar surface area (TPSA) is 64.1 Å². The molecule has 0 heterocycles. The third-order valence-corrected chi connectivity index (χ3v) is 4.27. The average Bonchev–Trinajstić information content (AvgIpc) is 2.74. The molecule has 0 aromatic heterocycles. The Morgan fingerprint density at radius 3 is 2.28 bits per heavy atom. The number of nitrogens with zero attached hydrogens (tertiary/aromatic N) is 1. The zero-order valence-electron chi connectivity index (χ0n) is 17.6. The second-order valence-corrected chi connectivity index (χ2v) is 6.41. The van der Waals surface area contributed by atoms with Gasteiger partial charge >= 0.3 is 0 Å². The van der Waals surface area contributed by atoms with Crippen LogP contribution in [0.2, 0.25) is 0 Å². The third-order valence-electron chi connectivity index (χ3n) is 4.27. The Balaban J connectivity index is 0.00000420. The fourth-order valence-corrected chi connectivity index (χ4v) is 2.73. The van der Waals surface area contributed by atoms with E-state index in [0.29, 0.717) is 6.54 Å². The zero-order chi connectivity index (χ0) is 20.2. The molecule has 2 rings (SSSR count). The van der Waals surface area contributed by atoms with Gasteiger partial charge in [-0.2, -0.15) is 0 Å². The monoisotopic (exact) mass is 513 g/mol. The Kier molecular flexibility index (Phi) is 11.9. The van der Waals surface area contributed by atoms with Crippen molar-refractivity contribution in [3.8, 4) is 17.2 Å². The summed E-state index contributed by atoms with van der Waals surface area (Å²) < 4.78 is 16.5. The Hall–Kier alpha value is -2.16. The summed E-state index contributed by atoms with van der Waals surface area (Å²) in [5.41, 5.74) is 1.30. The molecule has 0 fully saturated rings. The number of nitrogens with one attached hydrogen (secondary N) is 2. The van der Waals surface area contributed by atoms with Crippen molar-refractivity contribution in [1.29, 1.82) is 0 Å². The highest BCUT2D eigenvalue weighted by Gasteiger charge is 2.09. The van der Waals surface area contributed by atoms with E-state index in [-0.39, 0.29) is 30.1 Å². The first kappa shape index (κ1) is 24.9. The lowest BCUT2D eigenvalue weighted by atomic mass is 10.1. The lowest BCUT2D eigenvalue weighted by molar-refractivity contribution is 0.213. The maximum absolute atomic E-state index is 5.95. The number of hydrogen-bond acceptors (Lipinski definition) is 4. The van der Waals surface area contributed by atoms with Crippen LogP contribution in [0.3, 0.4) is 0 Å². The van der Waals surface area contributed by atoms with E-state index in [1.807, 2.05) is 43.3 Å². The molecule has 7 heteroatoms. The molecule has 2 N–H and O–H groups in total. The molecule has 0 saturated heterocycles. The van der Waals surface area contributed by atoms with E-state index < -0.39 is 0 Å². The minimum Gasteiger partial charge on any atom is -0.497 e. The highest BCUT2D eigenvalue weighted by atomic mass is 127. The smallest absolute Gasteiger partial charge is 0.191 e. The second kappa shape index (κ2) is 13.9. The quantitative estimate of drug-likeness (QED) is 0.219. The molecule has 0 spiro atoms. The standard InChI is InChI=1S/C22H31N3O3.HI/c1-17(28-21-10-6-5-9-20(21)27-4)16-25-22(23-2)24-15-7-8-18-11-13-19(26-3)14-12-18;/h5-6,9-14,17H,7-8,15-16H2,1-4H3,(H2,23,24,25);1H. The first-order chi connectivity index (χ1) is 13.7. The molecule has 0 bridgehead atoms. The first-order valence-corrected chi connectivity index (χ1v) is 9.53. The summed E-state index contributed by atoms with van der Waals surface area (Å²) in [7, 11) is 5.09. The summed E-state index contributed by atoms with van der Waals surface area (Å²) in [6.07, 6.45) is 1.98. The van der Waals surface area contributed by atoms with Crippen molar-refractivity contribution in [3.05, 3.63) is 54.1 Å². The van der Waals surface area contributed by atoms with Crippen LogP contribution in [0.5, 0.6) is 17.2 Å². The third kappa shape index (κ3) is 8.81. The van der Waals surface area contributed by atoms with Crippen LogP contribution in [0.1, 0.15) is 18.9 Å². The number of halogens is 1. The van der Waals surface area contributed by atoms with E-state index in [0.717, 1.165) is 42.6 Å². The van der Waals surface area contributed by atoms with Crippen LogP contribution < -0.4 is 24.8 Å². The van der Waals surface area contributed by atoms with Crippen molar-refractivity contribution in [3.63, 3.8) is 0 Å². The van der Waals surface area contributed by atoms with E-state index in [2.05, 4.69) is 27.8 Å². The first-order valence-electron chi connectivity index (χ1n) is 9.53. The number of ether oxygens (including phenoxy) is 3. The Morgan fingerprint density at radius 1 is 0.966 bits per heavy atom. The minimum atomic E-state index is -0.0332. The number of hydrogen-bond donors (Lipinski definition) is 2. The molecule has 2 aromatic carbocycles. The minimum absolute atomic E-state index is 0. The average molecular weight is 513 g/mol.